The maximum absolute atomic E-state index is 10.5. The van der Waals surface area contributed by atoms with Gasteiger partial charge in [-0.3, -0.25) is 0 Å². The maximum Gasteiger partial charge on any atom is 0.0880 e. The van der Waals surface area contributed by atoms with Crippen LogP contribution in [-0.2, 0) is 10.3 Å². The van der Waals surface area contributed by atoms with Crippen molar-refractivity contribution in [2.45, 2.75) is 32.8 Å². The van der Waals surface area contributed by atoms with Gasteiger partial charge in [-0.15, -0.1) is 0 Å². The zero-order valence-corrected chi connectivity index (χ0v) is 11.9. The average molecular weight is 251 g/mol. The Labute approximate surface area is 110 Å². The summed E-state index contributed by atoms with van der Waals surface area (Å²) in [6.07, 6.45) is 0.694. The molecule has 18 heavy (non-hydrogen) atoms. The first-order valence-electron chi connectivity index (χ1n) is 6.46. The standard InChI is InChI=1S/C15H25NO2/c1-12-9-13(2)11-14(10-12)15(3,17)5-6-16-7-8-18-4/h9-11,16-17H,5-8H2,1-4H3. The van der Waals surface area contributed by atoms with Crippen LogP contribution in [0.5, 0.6) is 0 Å². The number of hydrogen-bond acceptors (Lipinski definition) is 3. The van der Waals surface area contributed by atoms with Crippen LogP contribution in [0.25, 0.3) is 0 Å². The van der Waals surface area contributed by atoms with Gasteiger partial charge in [-0.25, -0.2) is 0 Å². The van der Waals surface area contributed by atoms with E-state index in [2.05, 4.69) is 37.4 Å². The molecule has 0 aromatic heterocycles. The molecule has 0 saturated heterocycles. The second-order valence-corrected chi connectivity index (χ2v) is 5.14. The Morgan fingerprint density at radius 2 is 1.78 bits per heavy atom. The Bertz CT molecular complexity index is 355. The first kappa shape index (κ1) is 15.2. The molecule has 1 unspecified atom stereocenters. The Morgan fingerprint density at radius 1 is 1.17 bits per heavy atom. The van der Waals surface area contributed by atoms with Crippen LogP contribution in [0.2, 0.25) is 0 Å². The number of hydrogen-bond donors (Lipinski definition) is 2. The van der Waals surface area contributed by atoms with Crippen molar-refractivity contribution in [2.75, 3.05) is 26.8 Å². The molecule has 0 bridgehead atoms. The molecular formula is C15H25NO2. The Kier molecular flexibility index (Phi) is 5.79. The zero-order valence-electron chi connectivity index (χ0n) is 11.9. The van der Waals surface area contributed by atoms with Crippen LogP contribution in [0.1, 0.15) is 30.0 Å². The highest BCUT2D eigenvalue weighted by Crippen LogP contribution is 2.25. The molecule has 0 aliphatic rings. The number of ether oxygens (including phenoxy) is 1. The van der Waals surface area contributed by atoms with E-state index in [0.29, 0.717) is 13.0 Å². The molecule has 0 spiro atoms. The molecule has 1 atom stereocenters. The summed E-state index contributed by atoms with van der Waals surface area (Å²) < 4.78 is 4.97. The number of rotatable bonds is 7. The van der Waals surface area contributed by atoms with E-state index in [-0.39, 0.29) is 0 Å². The molecule has 2 N–H and O–H groups in total. The Hall–Kier alpha value is -0.900. The lowest BCUT2D eigenvalue weighted by Gasteiger charge is -2.25. The third-order valence-corrected chi connectivity index (χ3v) is 3.12. The number of nitrogens with one attached hydrogen (secondary N) is 1. The first-order chi connectivity index (χ1) is 8.45. The number of aliphatic hydroxyl groups is 1. The lowest BCUT2D eigenvalue weighted by atomic mass is 9.90. The van der Waals surface area contributed by atoms with Crippen LogP contribution in [0.4, 0.5) is 0 Å². The van der Waals surface area contributed by atoms with Gasteiger partial charge < -0.3 is 15.2 Å². The van der Waals surface area contributed by atoms with E-state index in [9.17, 15) is 5.11 Å². The van der Waals surface area contributed by atoms with Gasteiger partial charge in [-0.1, -0.05) is 29.3 Å². The summed E-state index contributed by atoms with van der Waals surface area (Å²) in [6.45, 7) is 8.29. The summed E-state index contributed by atoms with van der Waals surface area (Å²) in [7, 11) is 1.69. The molecular weight excluding hydrogens is 226 g/mol. The van der Waals surface area contributed by atoms with Gasteiger partial charge in [0.2, 0.25) is 0 Å². The van der Waals surface area contributed by atoms with Gasteiger partial charge in [0, 0.05) is 13.7 Å². The smallest absolute Gasteiger partial charge is 0.0880 e. The largest absolute Gasteiger partial charge is 0.385 e. The topological polar surface area (TPSA) is 41.5 Å². The Balaban J connectivity index is 2.56. The van der Waals surface area contributed by atoms with Crippen LogP contribution in [-0.4, -0.2) is 31.9 Å². The van der Waals surface area contributed by atoms with E-state index in [0.717, 1.165) is 18.7 Å². The molecule has 3 heteroatoms. The van der Waals surface area contributed by atoms with Crippen molar-refractivity contribution in [1.29, 1.82) is 0 Å². The molecule has 1 aromatic rings. The zero-order chi connectivity index (χ0) is 13.6. The van der Waals surface area contributed by atoms with Crippen LogP contribution in [0, 0.1) is 13.8 Å². The van der Waals surface area contributed by atoms with Crippen LogP contribution >= 0.6 is 0 Å². The first-order valence-corrected chi connectivity index (χ1v) is 6.46. The van der Waals surface area contributed by atoms with E-state index < -0.39 is 5.60 Å². The highest BCUT2D eigenvalue weighted by molar-refractivity contribution is 5.32. The van der Waals surface area contributed by atoms with Crippen LogP contribution < -0.4 is 5.32 Å². The Morgan fingerprint density at radius 3 is 2.33 bits per heavy atom. The molecule has 0 fully saturated rings. The highest BCUT2D eigenvalue weighted by atomic mass is 16.5. The molecule has 0 amide bonds. The maximum atomic E-state index is 10.5. The summed E-state index contributed by atoms with van der Waals surface area (Å²) >= 11 is 0. The third kappa shape index (κ3) is 4.77. The average Bonchev–Trinajstić information content (AvgIpc) is 2.27. The van der Waals surface area contributed by atoms with Crippen LogP contribution in [0.3, 0.4) is 0 Å². The van der Waals surface area contributed by atoms with E-state index in [4.69, 9.17) is 4.74 Å². The van der Waals surface area contributed by atoms with Crippen molar-refractivity contribution in [3.05, 3.63) is 34.9 Å². The normalized spacial score (nSPS) is 14.5. The summed E-state index contributed by atoms with van der Waals surface area (Å²) in [6, 6.07) is 6.24. The van der Waals surface area contributed by atoms with E-state index in [1.807, 2.05) is 6.92 Å². The molecule has 3 nitrogen and oxygen atoms in total. The third-order valence-electron chi connectivity index (χ3n) is 3.12. The molecule has 1 rings (SSSR count). The fraction of sp³-hybridized carbons (Fsp3) is 0.600. The minimum atomic E-state index is -0.781. The molecule has 0 aliphatic heterocycles. The molecule has 0 heterocycles. The summed E-state index contributed by atoms with van der Waals surface area (Å²) in [4.78, 5) is 0. The minimum absolute atomic E-state index is 0.694. The van der Waals surface area contributed by atoms with Crippen molar-refractivity contribution in [3.8, 4) is 0 Å². The summed E-state index contributed by atoms with van der Waals surface area (Å²) in [5.41, 5.74) is 2.60. The van der Waals surface area contributed by atoms with Gasteiger partial charge in [0.15, 0.2) is 0 Å². The molecule has 1 aromatic carbocycles. The fourth-order valence-electron chi connectivity index (χ4n) is 2.06. The van der Waals surface area contributed by atoms with Gasteiger partial charge in [0.05, 0.1) is 12.2 Å². The number of methoxy groups -OCH3 is 1. The predicted molar refractivity (Wildman–Crippen MR) is 74.8 cm³/mol. The number of aryl methyl sites for hydroxylation is 2. The second kappa shape index (κ2) is 6.88. The van der Waals surface area contributed by atoms with Gasteiger partial charge in [-0.05, 0) is 39.3 Å². The lowest BCUT2D eigenvalue weighted by molar-refractivity contribution is 0.0474. The minimum Gasteiger partial charge on any atom is -0.385 e. The summed E-state index contributed by atoms with van der Waals surface area (Å²) in [5.74, 6) is 0. The second-order valence-electron chi connectivity index (χ2n) is 5.14. The van der Waals surface area contributed by atoms with E-state index in [1.54, 1.807) is 7.11 Å². The van der Waals surface area contributed by atoms with Crippen LogP contribution in [0.15, 0.2) is 18.2 Å². The molecule has 0 radical (unpaired) electrons. The molecule has 0 saturated carbocycles. The van der Waals surface area contributed by atoms with Gasteiger partial charge >= 0.3 is 0 Å². The monoisotopic (exact) mass is 251 g/mol. The predicted octanol–water partition coefficient (Wildman–Crippen LogP) is 2.14. The molecule has 102 valence electrons. The lowest BCUT2D eigenvalue weighted by Crippen LogP contribution is -2.29. The van der Waals surface area contributed by atoms with E-state index in [1.165, 1.54) is 11.1 Å². The van der Waals surface area contributed by atoms with Crippen molar-refractivity contribution in [2.24, 2.45) is 0 Å². The van der Waals surface area contributed by atoms with Crippen molar-refractivity contribution in [3.63, 3.8) is 0 Å². The van der Waals surface area contributed by atoms with Crippen molar-refractivity contribution < 1.29 is 9.84 Å². The quantitative estimate of drug-likeness (QED) is 0.730. The van der Waals surface area contributed by atoms with Gasteiger partial charge in [0.25, 0.3) is 0 Å². The van der Waals surface area contributed by atoms with Gasteiger partial charge in [0.1, 0.15) is 0 Å². The van der Waals surface area contributed by atoms with Crippen molar-refractivity contribution >= 4 is 0 Å². The SMILES string of the molecule is COCCNCCC(C)(O)c1cc(C)cc(C)c1. The molecule has 0 aliphatic carbocycles. The van der Waals surface area contributed by atoms with E-state index >= 15 is 0 Å². The summed E-state index contributed by atoms with van der Waals surface area (Å²) in [5, 5.41) is 13.8. The highest BCUT2D eigenvalue weighted by Gasteiger charge is 2.22. The fourth-order valence-corrected chi connectivity index (χ4v) is 2.06. The van der Waals surface area contributed by atoms with Crippen molar-refractivity contribution in [1.82, 2.24) is 5.32 Å². The number of benzene rings is 1. The van der Waals surface area contributed by atoms with Gasteiger partial charge in [-0.2, -0.15) is 0 Å².